The second-order valence-electron chi connectivity index (χ2n) is 26.2. The molecule has 18 rings (SSSR count). The van der Waals surface area contributed by atoms with Crippen LogP contribution in [0.1, 0.15) is 224 Å². The second-order valence-corrected chi connectivity index (χ2v) is 26.2. The Morgan fingerprint density at radius 1 is 0.196 bits per heavy atom. The van der Waals surface area contributed by atoms with E-state index in [2.05, 4.69) is 0 Å². The van der Waals surface area contributed by atoms with E-state index in [1.165, 1.54) is 13.8 Å². The minimum absolute atomic E-state index is 0.188. The third kappa shape index (κ3) is 12.7. The van der Waals surface area contributed by atoms with Crippen LogP contribution in [-0.4, -0.2) is 27.4 Å². The van der Waals surface area contributed by atoms with Crippen molar-refractivity contribution in [3.05, 3.63) is 396 Å². The van der Waals surface area contributed by atoms with E-state index >= 15 is 0 Å². The van der Waals surface area contributed by atoms with Gasteiger partial charge in [0.05, 0.1) is 113 Å². The Bertz CT molecular complexity index is 9660. The standard InChI is InChI=1S/C39H42N2.2C31H26N2/c1-37(2,3)29-19-21-33-27(23-29)25-35(40(33)31-15-11-9-12-16-31)39(7,8)36-26-28-24-30(38(4,5)6)20-22-34(28)41(36)32-17-13-10-14-18-32;2*1-31(2,29-21-23-13-9-11-19-27(23)32(29)25-15-5-3-6-16-25)30-22-24-14-10-12-20-28(24)33(30)26-17-7-4-8-18-26/h9-26H,1-8H3;2*3-22H,1-2H3/i7D3,8D3,9D,10D,11D,12D,13D,14D,15D,16D,17D,18D,19D,20D,21D,22D,23D,24D,25D,26D;1D3,2D3,3D,4D,5D,6D,7D,8D,9D,10D,11D,12D,13D,14D,15D,16D,17D,18D,19D,20D,21D,22D;3D,4D,5D,6D,7D,8D,9D,10D,11D,12D,13D,14D,15D,16D,17D,18D,19D,20D,21D,22D. The number of nitrogens with zero attached hydrogens (tertiary/aromatic N) is 6. The van der Waals surface area contributed by atoms with Crippen LogP contribution in [-0.2, 0) is 27.1 Å². The summed E-state index contributed by atoms with van der Waals surface area (Å²) < 4.78 is 623. The highest BCUT2D eigenvalue weighted by Gasteiger charge is 2.37. The van der Waals surface area contributed by atoms with Gasteiger partial charge in [-0.15, -0.1) is 0 Å². The highest BCUT2D eigenvalue weighted by molar-refractivity contribution is 5.91. The molecule has 0 aliphatic carbocycles. The van der Waals surface area contributed by atoms with Gasteiger partial charge in [0.15, 0.2) is 0 Å². The molecule has 6 nitrogen and oxygen atoms in total. The molecule has 0 amide bonds. The summed E-state index contributed by atoms with van der Waals surface area (Å²) in [5.41, 5.74) is -29.5. The van der Waals surface area contributed by atoms with Gasteiger partial charge < -0.3 is 27.4 Å². The number of hydrogen-bond acceptors (Lipinski definition) is 0. The lowest BCUT2D eigenvalue weighted by Gasteiger charge is -2.29. The molecule has 0 radical (unpaired) electrons. The molecule has 0 N–H and O–H groups in total. The van der Waals surface area contributed by atoms with Gasteiger partial charge >= 0.3 is 0 Å². The van der Waals surface area contributed by atoms with Crippen molar-refractivity contribution < 1.29 is 96.0 Å². The van der Waals surface area contributed by atoms with E-state index in [1.54, 1.807) is 41.5 Å². The Balaban J connectivity index is 0.000000185. The number of fused-ring (bicyclic) bond motifs is 6. The van der Waals surface area contributed by atoms with Crippen LogP contribution in [0.3, 0.4) is 0 Å². The number of para-hydroxylation sites is 10. The van der Waals surface area contributed by atoms with Crippen molar-refractivity contribution in [1.82, 2.24) is 27.4 Å². The first kappa shape index (κ1) is 25.8. The zero-order chi connectivity index (χ0) is 134. The van der Waals surface area contributed by atoms with Gasteiger partial charge in [0.1, 0.15) is 0 Å². The monoisotopic (exact) mass is 1460 g/mol. The summed E-state index contributed by atoms with van der Waals surface area (Å²) in [5, 5.41) is -4.16. The Labute approximate surface area is 728 Å². The molecule has 528 valence electrons. The van der Waals surface area contributed by atoms with Gasteiger partial charge in [-0.05, 0) is 220 Å². The molecule has 6 aromatic heterocycles. The zero-order valence-electron chi connectivity index (χ0n) is 127. The Morgan fingerprint density at radius 3 is 0.598 bits per heavy atom. The SMILES string of the molecule is [2H]c1c([2H])c([2H])c(-n2c(C(C)(C)c3c([2H])c4c([2H])c([2H])c([2H])c([2H])c4n3-c3c([2H])c([2H])c([2H])c([2H])c3[2H])c([2H])c3c([2H])c([2H])c([2H])c([2H])c32)c([2H])c1[2H].[2H]c1c([2H])c([2H])c(-n2c(C(c3c([2H])c4c([2H])c(C(C)(C)C)c([2H])c([2H])c4n3-c3c([2H])c([2H])c([2H])c([2H])c3[2H])(C([2H])([2H])[2H])C([2H])([2H])[2H])c([2H])c3c([2H])c(C(C)(C)C)c([2H])c([2H])c32)c([2H])c1[2H].[2H]c1c([2H])c([2H])c(-n2c(C(c3c([2H])c4c([2H])c([2H])c([2H])c([2H])c4n3-c3c([2H])c([2H])c([2H])c([2H])c3[2H])(C([2H])([2H])[2H])C([2H])([2H])[2H])c([2H])c3c([2H])c([2H])c([2H])c([2H])c32)c([2H])c1[2H]. The van der Waals surface area contributed by atoms with Crippen LogP contribution in [0, 0.1) is 0 Å². The van der Waals surface area contributed by atoms with E-state index in [9.17, 15) is 21.9 Å². The average molecular weight is 1460 g/mol. The van der Waals surface area contributed by atoms with Gasteiger partial charge in [-0.3, -0.25) is 0 Å². The number of hydrogen-bond donors (Lipinski definition) is 0. The molecule has 6 heterocycles. The second kappa shape index (κ2) is 27.4. The van der Waals surface area contributed by atoms with E-state index in [-0.39, 0.29) is 20.3 Å². The van der Waals surface area contributed by atoms with Crippen molar-refractivity contribution in [3.63, 3.8) is 0 Å². The van der Waals surface area contributed by atoms with Crippen LogP contribution in [0.2, 0.25) is 0 Å². The van der Waals surface area contributed by atoms with Gasteiger partial charge in [0, 0.05) is 133 Å². The van der Waals surface area contributed by atoms with E-state index in [4.69, 9.17) is 74.0 Å². The van der Waals surface area contributed by atoms with Gasteiger partial charge in [-0.2, -0.15) is 0 Å². The fourth-order valence-electron chi connectivity index (χ4n) is 11.8. The highest BCUT2D eigenvalue weighted by Crippen LogP contribution is 2.46. The summed E-state index contributed by atoms with van der Waals surface area (Å²) in [4.78, 5) is 0. The lowest BCUT2D eigenvalue weighted by Crippen LogP contribution is -2.25. The molecule has 0 saturated carbocycles. The minimum Gasteiger partial charge on any atom is -0.313 e. The molecule has 12 aromatic carbocycles. The quantitative estimate of drug-likeness (QED) is 0.117. The predicted molar refractivity (Wildman–Crippen MR) is 453 cm³/mol. The summed E-state index contributed by atoms with van der Waals surface area (Å²) in [6.45, 7) is -4.84. The van der Waals surface area contributed by atoms with Gasteiger partial charge in [0.2, 0.25) is 0 Å². The first-order valence-corrected chi connectivity index (χ1v) is 32.0. The fourth-order valence-corrected chi connectivity index (χ4v) is 11.8. The molecular weight excluding hydrogens is 1300 g/mol. The molecule has 0 spiro atoms. The Morgan fingerprint density at radius 2 is 0.383 bits per heavy atom. The molecule has 0 atom stereocenters. The van der Waals surface area contributed by atoms with Crippen molar-refractivity contribution in [2.24, 2.45) is 0 Å². The lowest BCUT2D eigenvalue weighted by molar-refractivity contribution is 0.576. The number of rotatable bonds is 12. The maximum absolute atomic E-state index is 9.90. The van der Waals surface area contributed by atoms with Gasteiger partial charge in [-0.1, -0.05) is 235 Å². The third-order valence-electron chi connectivity index (χ3n) is 16.8. The van der Waals surface area contributed by atoms with Crippen LogP contribution < -0.4 is 0 Å². The van der Waals surface area contributed by atoms with Crippen LogP contribution in [0.25, 0.3) is 99.5 Å². The minimum atomic E-state index is -4.25. The molecule has 0 fully saturated rings. The fraction of sp³-hybridized carbons (Fsp3) is 0.168. The molecule has 0 aliphatic rings. The van der Waals surface area contributed by atoms with E-state index in [0.717, 1.165) is 9.13 Å². The Kier molecular flexibility index (Phi) is 6.62. The van der Waals surface area contributed by atoms with Crippen LogP contribution >= 0.6 is 0 Å². The molecule has 0 aliphatic heterocycles. The van der Waals surface area contributed by atoms with Crippen molar-refractivity contribution >= 4 is 65.4 Å². The summed E-state index contributed by atoms with van der Waals surface area (Å²) in [7, 11) is 0. The Hall–Kier alpha value is -12.1. The average Bonchev–Trinajstić information content (AvgIpc) is 1.50. The maximum Gasteiger partial charge on any atom is 0.0649 e. The number of benzene rings is 12. The normalized spacial score (nSPS) is 22.0. The molecule has 6 heteroatoms. The van der Waals surface area contributed by atoms with Crippen LogP contribution in [0.5, 0.6) is 0 Å². The highest BCUT2D eigenvalue weighted by atomic mass is 15.1. The maximum atomic E-state index is 9.90. The van der Waals surface area contributed by atoms with Gasteiger partial charge in [-0.25, -0.2) is 0 Å². The van der Waals surface area contributed by atoms with E-state index in [0.29, 0.717) is 9.13 Å². The lowest BCUT2D eigenvalue weighted by atomic mass is 9.84. The topological polar surface area (TPSA) is 29.6 Å². The molecule has 0 bridgehead atoms. The number of aromatic nitrogens is 6. The molecule has 0 unspecified atom stereocenters. The first-order valence-electron chi connectivity index (χ1n) is 67.0. The molecule has 18 aromatic rings. The van der Waals surface area contributed by atoms with Crippen molar-refractivity contribution in [1.29, 1.82) is 0 Å². The van der Waals surface area contributed by atoms with Crippen molar-refractivity contribution in [3.8, 4) is 34.1 Å². The smallest absolute Gasteiger partial charge is 0.0649 e. The third-order valence-corrected chi connectivity index (χ3v) is 16.8. The van der Waals surface area contributed by atoms with Crippen LogP contribution in [0.4, 0.5) is 0 Å². The van der Waals surface area contributed by atoms with Crippen molar-refractivity contribution in [2.45, 2.75) is 110 Å². The van der Waals surface area contributed by atoms with E-state index in [1.807, 2.05) is 0 Å². The van der Waals surface area contributed by atoms with Gasteiger partial charge in [0.25, 0.3) is 0 Å². The molecule has 0 saturated heterocycles. The zero-order valence-corrected chi connectivity index (χ0v) is 57.2. The summed E-state index contributed by atoms with van der Waals surface area (Å²) in [6, 6.07) is -55.6. The summed E-state index contributed by atoms with van der Waals surface area (Å²) in [6.07, 6.45) is 0. The first-order chi connectivity index (χ1) is 80.8. The summed E-state index contributed by atoms with van der Waals surface area (Å²) in [5.74, 6) is 0. The largest absolute Gasteiger partial charge is 0.313 e. The molecular formula is C101H94N6. The predicted octanol–water partition coefficient (Wildman–Crippen LogP) is 26.3. The van der Waals surface area contributed by atoms with E-state index < -0.39 is 539 Å². The van der Waals surface area contributed by atoms with Crippen molar-refractivity contribution in [2.75, 3.05) is 0 Å². The summed E-state index contributed by atoms with van der Waals surface area (Å²) >= 11 is 0. The van der Waals surface area contributed by atoms with Crippen LogP contribution in [0.15, 0.2) is 350 Å². The molecule has 107 heavy (non-hydrogen) atoms.